The quantitative estimate of drug-likeness (QED) is 0.573. The summed E-state index contributed by atoms with van der Waals surface area (Å²) in [5.41, 5.74) is 6.21. The lowest BCUT2D eigenvalue weighted by Gasteiger charge is -2.07. The molecule has 1 aromatic rings. The third-order valence-electron chi connectivity index (χ3n) is 2.51. The van der Waals surface area contributed by atoms with Gasteiger partial charge in [-0.25, -0.2) is 0 Å². The van der Waals surface area contributed by atoms with E-state index in [0.717, 1.165) is 12.0 Å². The van der Waals surface area contributed by atoms with Crippen molar-refractivity contribution in [1.29, 1.82) is 0 Å². The zero-order chi connectivity index (χ0) is 14.1. The van der Waals surface area contributed by atoms with Gasteiger partial charge < -0.3 is 20.5 Å². The van der Waals surface area contributed by atoms with Gasteiger partial charge in [0.25, 0.3) is 0 Å². The smallest absolute Gasteiger partial charge is 0.243 e. The fourth-order valence-electron chi connectivity index (χ4n) is 1.50. The molecule has 0 aromatic heterocycles. The van der Waals surface area contributed by atoms with Crippen LogP contribution in [0.15, 0.2) is 24.3 Å². The predicted molar refractivity (Wildman–Crippen MR) is 75.3 cm³/mol. The molecule has 0 spiro atoms. The number of amides is 1. The number of carbonyl (C=O) groups is 1. The minimum atomic E-state index is -0.136. The Bertz CT molecular complexity index is 444. The molecule has 0 saturated heterocycles. The van der Waals surface area contributed by atoms with Gasteiger partial charge in [-0.3, -0.25) is 4.79 Å². The maximum absolute atomic E-state index is 11.5. The van der Waals surface area contributed by atoms with E-state index < -0.39 is 0 Å². The molecule has 3 N–H and O–H groups in total. The molecule has 0 atom stereocenters. The maximum Gasteiger partial charge on any atom is 0.243 e. The summed E-state index contributed by atoms with van der Waals surface area (Å²) in [5.74, 6) is 1.16. The van der Waals surface area contributed by atoms with Crippen molar-refractivity contribution in [3.63, 3.8) is 0 Å². The van der Waals surface area contributed by atoms with E-state index in [2.05, 4.69) is 5.32 Å². The first-order valence-corrected chi connectivity index (χ1v) is 6.09. The molecule has 19 heavy (non-hydrogen) atoms. The van der Waals surface area contributed by atoms with Gasteiger partial charge in [0.1, 0.15) is 0 Å². The van der Waals surface area contributed by atoms with Crippen molar-refractivity contribution in [2.24, 2.45) is 5.73 Å². The number of rotatable bonds is 7. The Morgan fingerprint density at radius 2 is 2.05 bits per heavy atom. The molecule has 0 heterocycles. The highest BCUT2D eigenvalue weighted by molar-refractivity contribution is 5.91. The van der Waals surface area contributed by atoms with Gasteiger partial charge in [0, 0.05) is 12.6 Å². The highest BCUT2D eigenvalue weighted by atomic mass is 16.5. The molecule has 0 radical (unpaired) electrons. The lowest BCUT2D eigenvalue weighted by atomic mass is 10.2. The SMILES string of the molecule is COc1ccc(/C=C/C(=O)NCCCN)cc1OC. The molecule has 1 rings (SSSR count). The Balaban J connectivity index is 2.63. The number of hydrogen-bond acceptors (Lipinski definition) is 4. The summed E-state index contributed by atoms with van der Waals surface area (Å²) in [6, 6.07) is 5.46. The van der Waals surface area contributed by atoms with Crippen LogP contribution in [-0.4, -0.2) is 33.2 Å². The number of carbonyl (C=O) groups excluding carboxylic acids is 1. The lowest BCUT2D eigenvalue weighted by Crippen LogP contribution is -2.23. The third-order valence-corrected chi connectivity index (χ3v) is 2.51. The molecule has 5 heteroatoms. The Morgan fingerprint density at radius 3 is 2.68 bits per heavy atom. The van der Waals surface area contributed by atoms with Crippen molar-refractivity contribution in [2.75, 3.05) is 27.3 Å². The Kier molecular flexibility index (Phi) is 6.46. The molecule has 1 amide bonds. The van der Waals surface area contributed by atoms with Crippen molar-refractivity contribution in [2.45, 2.75) is 6.42 Å². The van der Waals surface area contributed by atoms with Gasteiger partial charge >= 0.3 is 0 Å². The Morgan fingerprint density at radius 1 is 1.32 bits per heavy atom. The molecule has 0 aliphatic heterocycles. The molecule has 0 aliphatic carbocycles. The van der Waals surface area contributed by atoms with E-state index in [9.17, 15) is 4.79 Å². The van der Waals surface area contributed by atoms with Crippen LogP contribution in [0.1, 0.15) is 12.0 Å². The van der Waals surface area contributed by atoms with Crippen molar-refractivity contribution in [1.82, 2.24) is 5.32 Å². The average Bonchev–Trinajstić information content (AvgIpc) is 2.45. The largest absolute Gasteiger partial charge is 0.493 e. The summed E-state index contributed by atoms with van der Waals surface area (Å²) in [7, 11) is 3.16. The summed E-state index contributed by atoms with van der Waals surface area (Å²) in [5, 5.41) is 2.74. The molecule has 0 bridgehead atoms. The highest BCUT2D eigenvalue weighted by Gasteiger charge is 2.03. The molecule has 0 fully saturated rings. The van der Waals surface area contributed by atoms with E-state index in [0.29, 0.717) is 24.6 Å². The first-order valence-electron chi connectivity index (χ1n) is 6.09. The number of benzene rings is 1. The van der Waals surface area contributed by atoms with E-state index >= 15 is 0 Å². The van der Waals surface area contributed by atoms with Crippen LogP contribution in [0, 0.1) is 0 Å². The molecular formula is C14H20N2O3. The van der Waals surface area contributed by atoms with Gasteiger partial charge in [-0.15, -0.1) is 0 Å². The van der Waals surface area contributed by atoms with Gasteiger partial charge in [-0.05, 0) is 36.7 Å². The second-order valence-electron chi connectivity index (χ2n) is 3.88. The number of nitrogens with one attached hydrogen (secondary N) is 1. The number of ether oxygens (including phenoxy) is 2. The molecule has 5 nitrogen and oxygen atoms in total. The summed E-state index contributed by atoms with van der Waals surface area (Å²) in [6.07, 6.45) is 3.98. The normalized spacial score (nSPS) is 10.5. The van der Waals surface area contributed by atoms with Crippen molar-refractivity contribution < 1.29 is 14.3 Å². The Labute approximate surface area is 113 Å². The summed E-state index contributed by atoms with van der Waals surface area (Å²) < 4.78 is 10.3. The van der Waals surface area contributed by atoms with Gasteiger partial charge in [0.05, 0.1) is 14.2 Å². The van der Waals surface area contributed by atoms with Crippen LogP contribution in [0.25, 0.3) is 6.08 Å². The molecular weight excluding hydrogens is 244 g/mol. The number of methoxy groups -OCH3 is 2. The van der Waals surface area contributed by atoms with Crippen LogP contribution in [0.4, 0.5) is 0 Å². The Hall–Kier alpha value is -2.01. The fraction of sp³-hybridized carbons (Fsp3) is 0.357. The minimum absolute atomic E-state index is 0.136. The van der Waals surface area contributed by atoms with Crippen LogP contribution in [0.5, 0.6) is 11.5 Å². The zero-order valence-electron chi connectivity index (χ0n) is 11.3. The van der Waals surface area contributed by atoms with Gasteiger partial charge in [-0.1, -0.05) is 6.07 Å². The van der Waals surface area contributed by atoms with Crippen LogP contribution in [0.3, 0.4) is 0 Å². The van der Waals surface area contributed by atoms with Crippen molar-refractivity contribution in [3.05, 3.63) is 29.8 Å². The van der Waals surface area contributed by atoms with Crippen LogP contribution in [-0.2, 0) is 4.79 Å². The topological polar surface area (TPSA) is 73.6 Å². The zero-order valence-corrected chi connectivity index (χ0v) is 11.3. The molecule has 104 valence electrons. The molecule has 0 saturated carbocycles. The highest BCUT2D eigenvalue weighted by Crippen LogP contribution is 2.27. The van der Waals surface area contributed by atoms with E-state index in [1.165, 1.54) is 6.08 Å². The lowest BCUT2D eigenvalue weighted by molar-refractivity contribution is -0.116. The van der Waals surface area contributed by atoms with E-state index in [4.69, 9.17) is 15.2 Å². The summed E-state index contributed by atoms with van der Waals surface area (Å²) >= 11 is 0. The van der Waals surface area contributed by atoms with E-state index in [1.54, 1.807) is 26.4 Å². The average molecular weight is 264 g/mol. The standard InChI is InChI=1S/C14H20N2O3/c1-18-12-6-4-11(10-13(12)19-2)5-7-14(17)16-9-3-8-15/h4-7,10H,3,8-9,15H2,1-2H3,(H,16,17)/b7-5+. The van der Waals surface area contributed by atoms with Gasteiger partial charge in [0.15, 0.2) is 11.5 Å². The first-order chi connectivity index (χ1) is 9.21. The van der Waals surface area contributed by atoms with Crippen LogP contribution in [0.2, 0.25) is 0 Å². The second kappa shape index (κ2) is 8.16. The van der Waals surface area contributed by atoms with Gasteiger partial charge in [0.2, 0.25) is 5.91 Å². The van der Waals surface area contributed by atoms with Crippen molar-refractivity contribution in [3.8, 4) is 11.5 Å². The monoisotopic (exact) mass is 264 g/mol. The number of hydrogen-bond donors (Lipinski definition) is 2. The van der Waals surface area contributed by atoms with Crippen LogP contribution >= 0.6 is 0 Å². The fourth-order valence-corrected chi connectivity index (χ4v) is 1.50. The van der Waals surface area contributed by atoms with E-state index in [-0.39, 0.29) is 5.91 Å². The van der Waals surface area contributed by atoms with Gasteiger partial charge in [-0.2, -0.15) is 0 Å². The van der Waals surface area contributed by atoms with Crippen molar-refractivity contribution >= 4 is 12.0 Å². The molecule has 1 aromatic carbocycles. The third kappa shape index (κ3) is 5.01. The van der Waals surface area contributed by atoms with E-state index in [1.807, 2.05) is 12.1 Å². The number of nitrogens with two attached hydrogens (primary N) is 1. The predicted octanol–water partition coefficient (Wildman–Crippen LogP) is 1.18. The second-order valence-corrected chi connectivity index (χ2v) is 3.88. The molecule has 0 aliphatic rings. The first kappa shape index (κ1) is 15.0. The van der Waals surface area contributed by atoms with Crippen LogP contribution < -0.4 is 20.5 Å². The summed E-state index contributed by atoms with van der Waals surface area (Å²) in [6.45, 7) is 1.16. The summed E-state index contributed by atoms with van der Waals surface area (Å²) in [4.78, 5) is 11.5. The minimum Gasteiger partial charge on any atom is -0.493 e. The molecule has 0 unspecified atom stereocenters. The maximum atomic E-state index is 11.5.